The van der Waals surface area contributed by atoms with E-state index in [0.717, 1.165) is 4.90 Å². The van der Waals surface area contributed by atoms with Gasteiger partial charge in [-0.3, -0.25) is 19.3 Å². The Morgan fingerprint density at radius 1 is 1.69 bits per heavy atom. The zero-order chi connectivity index (χ0) is 12.3. The molecule has 16 heavy (non-hydrogen) atoms. The first kappa shape index (κ1) is 12.0. The molecule has 84 valence electrons. The van der Waals surface area contributed by atoms with Crippen LogP contribution < -0.4 is 0 Å². The van der Waals surface area contributed by atoms with E-state index in [4.69, 9.17) is 11.2 Å². The van der Waals surface area contributed by atoms with Gasteiger partial charge in [-0.1, -0.05) is 12.5 Å². The van der Waals surface area contributed by atoms with Crippen LogP contribution in [-0.4, -0.2) is 35.3 Å². The molecular weight excluding hydrogens is 210 g/mol. The Balaban J connectivity index is 2.58. The lowest BCUT2D eigenvalue weighted by Gasteiger charge is -2.13. The zero-order valence-corrected chi connectivity index (χ0v) is 8.86. The van der Waals surface area contributed by atoms with Crippen molar-refractivity contribution in [1.82, 2.24) is 4.90 Å². The first-order valence-electron chi connectivity index (χ1n) is 4.63. The van der Waals surface area contributed by atoms with Gasteiger partial charge in [-0.25, -0.2) is 0 Å². The first-order valence-corrected chi connectivity index (χ1v) is 4.63. The van der Waals surface area contributed by atoms with Gasteiger partial charge in [0.15, 0.2) is 6.10 Å². The van der Waals surface area contributed by atoms with E-state index in [1.807, 2.05) is 0 Å². The Labute approximate surface area is 93.1 Å². The number of rotatable bonds is 3. The number of hydrogen-bond donors (Lipinski definition) is 0. The van der Waals surface area contributed by atoms with Gasteiger partial charge in [0.25, 0.3) is 5.91 Å². The molecule has 1 unspecified atom stereocenters. The second-order valence-electron chi connectivity index (χ2n) is 3.36. The maximum absolute atomic E-state index is 11.4. The van der Waals surface area contributed by atoms with Crippen molar-refractivity contribution in [3.8, 4) is 12.3 Å². The predicted octanol–water partition coefficient (Wildman–Crippen LogP) is -0.134. The van der Waals surface area contributed by atoms with Crippen molar-refractivity contribution in [3.05, 3.63) is 12.2 Å². The molecule has 1 saturated heterocycles. The molecule has 1 heterocycles. The first-order chi connectivity index (χ1) is 7.45. The van der Waals surface area contributed by atoms with Gasteiger partial charge in [-0.05, 0) is 6.92 Å². The van der Waals surface area contributed by atoms with Crippen LogP contribution in [0.15, 0.2) is 12.2 Å². The van der Waals surface area contributed by atoms with Crippen molar-refractivity contribution < 1.29 is 19.1 Å². The topological polar surface area (TPSA) is 63.7 Å². The van der Waals surface area contributed by atoms with E-state index >= 15 is 0 Å². The molecule has 0 radical (unpaired) electrons. The highest BCUT2D eigenvalue weighted by atomic mass is 16.5. The molecule has 0 aromatic rings. The highest BCUT2D eigenvalue weighted by Gasteiger charge is 2.34. The number of ether oxygens (including phenoxy) is 1. The van der Waals surface area contributed by atoms with Crippen LogP contribution in [0, 0.1) is 12.3 Å². The van der Waals surface area contributed by atoms with Gasteiger partial charge < -0.3 is 4.74 Å². The van der Waals surface area contributed by atoms with Crippen LogP contribution in [0.1, 0.15) is 13.3 Å². The molecule has 0 aromatic carbocycles. The Morgan fingerprint density at radius 2 is 2.31 bits per heavy atom. The van der Waals surface area contributed by atoms with Crippen molar-refractivity contribution in [2.24, 2.45) is 0 Å². The normalized spacial score (nSPS) is 17.2. The third kappa shape index (κ3) is 2.48. The summed E-state index contributed by atoms with van der Waals surface area (Å²) in [5.74, 6) is 0.520. The van der Waals surface area contributed by atoms with Gasteiger partial charge in [-0.15, -0.1) is 6.42 Å². The number of hydrogen-bond acceptors (Lipinski definition) is 4. The van der Waals surface area contributed by atoms with Crippen LogP contribution in [0.2, 0.25) is 0 Å². The number of terminal acetylenes is 1. The van der Waals surface area contributed by atoms with E-state index in [2.05, 4.69) is 12.5 Å². The fourth-order valence-electron chi connectivity index (χ4n) is 1.22. The van der Waals surface area contributed by atoms with E-state index in [1.54, 1.807) is 0 Å². The largest absolute Gasteiger partial charge is 0.448 e. The van der Waals surface area contributed by atoms with Crippen molar-refractivity contribution in [3.63, 3.8) is 0 Å². The summed E-state index contributed by atoms with van der Waals surface area (Å²) < 4.78 is 4.74. The fourth-order valence-corrected chi connectivity index (χ4v) is 1.22. The summed E-state index contributed by atoms with van der Waals surface area (Å²) in [6.07, 6.45) is 4.29. The molecular formula is C11H11NO4. The van der Waals surface area contributed by atoms with Gasteiger partial charge >= 0.3 is 5.97 Å². The summed E-state index contributed by atoms with van der Waals surface area (Å²) in [7, 11) is 0. The molecule has 1 rings (SSSR count). The van der Waals surface area contributed by atoms with Crippen molar-refractivity contribution in [1.29, 1.82) is 0 Å². The smallest absolute Gasteiger partial charge is 0.327 e. The minimum Gasteiger partial charge on any atom is -0.448 e. The van der Waals surface area contributed by atoms with Crippen molar-refractivity contribution >= 4 is 17.8 Å². The minimum atomic E-state index is -0.707. The number of carbonyl (C=O) groups is 3. The molecule has 1 atom stereocenters. The summed E-state index contributed by atoms with van der Waals surface area (Å²) in [6, 6.07) is 0. The van der Waals surface area contributed by atoms with E-state index in [1.165, 1.54) is 6.92 Å². The molecule has 0 spiro atoms. The summed E-state index contributed by atoms with van der Waals surface area (Å²) in [6.45, 7) is 4.53. The molecule has 0 aliphatic carbocycles. The second kappa shape index (κ2) is 4.62. The Kier molecular flexibility index (Phi) is 3.46. The molecule has 0 bridgehead atoms. The lowest BCUT2D eigenvalue weighted by atomic mass is 10.3. The van der Waals surface area contributed by atoms with Gasteiger partial charge in [0.1, 0.15) is 6.54 Å². The van der Waals surface area contributed by atoms with Crippen LogP contribution >= 0.6 is 0 Å². The molecule has 1 aliphatic rings. The molecule has 0 aromatic heterocycles. The van der Waals surface area contributed by atoms with E-state index in [-0.39, 0.29) is 12.0 Å². The molecule has 2 amide bonds. The monoisotopic (exact) mass is 221 g/mol. The van der Waals surface area contributed by atoms with Crippen LogP contribution in [0.5, 0.6) is 0 Å². The SMILES string of the molecule is C#CC(C)OC(=O)CN1C(=O)CC(=C)C1=O. The van der Waals surface area contributed by atoms with Gasteiger partial charge in [0.05, 0.1) is 6.42 Å². The van der Waals surface area contributed by atoms with Crippen LogP contribution in [0.25, 0.3) is 0 Å². The van der Waals surface area contributed by atoms with Gasteiger partial charge in [-0.2, -0.15) is 0 Å². The highest BCUT2D eigenvalue weighted by Crippen LogP contribution is 2.16. The van der Waals surface area contributed by atoms with Crippen molar-refractivity contribution in [2.45, 2.75) is 19.4 Å². The van der Waals surface area contributed by atoms with Gasteiger partial charge in [0.2, 0.25) is 5.91 Å². The average Bonchev–Trinajstić information content (AvgIpc) is 2.45. The number of esters is 1. The number of likely N-dealkylation sites (tertiary alicyclic amines) is 1. The lowest BCUT2D eigenvalue weighted by molar-refractivity contribution is -0.153. The second-order valence-corrected chi connectivity index (χ2v) is 3.36. The molecule has 0 N–H and O–H groups in total. The van der Waals surface area contributed by atoms with E-state index in [9.17, 15) is 14.4 Å². The number of imide groups is 1. The summed E-state index contributed by atoms with van der Waals surface area (Å²) >= 11 is 0. The summed E-state index contributed by atoms with van der Waals surface area (Å²) in [4.78, 5) is 34.7. The molecule has 5 heteroatoms. The maximum atomic E-state index is 11.4. The highest BCUT2D eigenvalue weighted by molar-refractivity contribution is 6.14. The molecule has 1 fully saturated rings. The van der Waals surface area contributed by atoms with Crippen LogP contribution in [0.3, 0.4) is 0 Å². The number of amides is 2. The fraction of sp³-hybridized carbons (Fsp3) is 0.364. The van der Waals surface area contributed by atoms with Crippen LogP contribution in [-0.2, 0) is 19.1 Å². The third-order valence-electron chi connectivity index (χ3n) is 2.04. The Hall–Kier alpha value is -2.09. The molecule has 0 saturated carbocycles. The van der Waals surface area contributed by atoms with E-state index < -0.39 is 30.4 Å². The van der Waals surface area contributed by atoms with Gasteiger partial charge in [0, 0.05) is 5.57 Å². The Morgan fingerprint density at radius 3 is 2.75 bits per heavy atom. The standard InChI is InChI=1S/C11H11NO4/c1-4-8(3)16-10(14)6-12-9(13)5-7(2)11(12)15/h1,8H,2,5-6H2,3H3. The van der Waals surface area contributed by atoms with E-state index in [0.29, 0.717) is 0 Å². The summed E-state index contributed by atoms with van der Waals surface area (Å²) in [5.41, 5.74) is 0.183. The average molecular weight is 221 g/mol. The third-order valence-corrected chi connectivity index (χ3v) is 2.04. The van der Waals surface area contributed by atoms with Crippen molar-refractivity contribution in [2.75, 3.05) is 6.54 Å². The number of carbonyl (C=O) groups excluding carboxylic acids is 3. The lowest BCUT2D eigenvalue weighted by Crippen LogP contribution is -2.36. The minimum absolute atomic E-state index is 0.0448. The van der Waals surface area contributed by atoms with Crippen LogP contribution in [0.4, 0.5) is 0 Å². The quantitative estimate of drug-likeness (QED) is 0.288. The maximum Gasteiger partial charge on any atom is 0.327 e. The Bertz CT molecular complexity index is 405. The molecule has 1 aliphatic heterocycles. The predicted molar refractivity (Wildman–Crippen MR) is 54.9 cm³/mol. The molecule has 5 nitrogen and oxygen atoms in total. The number of nitrogens with zero attached hydrogens (tertiary/aromatic N) is 1. The zero-order valence-electron chi connectivity index (χ0n) is 8.86. The summed E-state index contributed by atoms with van der Waals surface area (Å²) in [5, 5.41) is 0.